The summed E-state index contributed by atoms with van der Waals surface area (Å²) in [5, 5.41) is 6.71. The van der Waals surface area contributed by atoms with Gasteiger partial charge in [0.15, 0.2) is 0 Å². The summed E-state index contributed by atoms with van der Waals surface area (Å²) in [5.41, 5.74) is 0.670. The zero-order valence-electron chi connectivity index (χ0n) is 20.2. The first kappa shape index (κ1) is 24.7. The van der Waals surface area contributed by atoms with Crippen molar-refractivity contribution in [3.05, 3.63) is 35.4 Å². The molecule has 0 amide bonds. The van der Waals surface area contributed by atoms with Crippen molar-refractivity contribution in [1.82, 2.24) is 10.6 Å². The molecule has 2 fully saturated rings. The standard InChI is InChI=1S/C26H40N2O4/c1-25(2,21-9-13-27-14-10-21)31-23(29)17-19-7-5-6-8-20(19)18-24(30)32-26(3,4)22-11-15-28-16-12-22/h5-8,21-22,27-28H,9-18H2,1-4H3. The van der Waals surface area contributed by atoms with E-state index in [0.717, 1.165) is 63.0 Å². The van der Waals surface area contributed by atoms with Crippen LogP contribution in [0, 0.1) is 11.8 Å². The van der Waals surface area contributed by atoms with E-state index >= 15 is 0 Å². The zero-order chi connectivity index (χ0) is 23.2. The van der Waals surface area contributed by atoms with Crippen LogP contribution in [0.1, 0.15) is 64.5 Å². The van der Waals surface area contributed by atoms with Crippen LogP contribution in [0.4, 0.5) is 0 Å². The van der Waals surface area contributed by atoms with Crippen molar-refractivity contribution in [1.29, 1.82) is 0 Å². The molecule has 2 aliphatic heterocycles. The summed E-state index contributed by atoms with van der Waals surface area (Å²) >= 11 is 0. The van der Waals surface area contributed by atoms with E-state index in [1.54, 1.807) is 0 Å². The maximum Gasteiger partial charge on any atom is 0.310 e. The Morgan fingerprint density at radius 3 is 1.44 bits per heavy atom. The van der Waals surface area contributed by atoms with E-state index in [4.69, 9.17) is 9.47 Å². The topological polar surface area (TPSA) is 76.7 Å². The van der Waals surface area contributed by atoms with E-state index in [9.17, 15) is 9.59 Å². The number of ether oxygens (including phenoxy) is 2. The van der Waals surface area contributed by atoms with Crippen LogP contribution in [0.5, 0.6) is 0 Å². The van der Waals surface area contributed by atoms with Gasteiger partial charge in [-0.2, -0.15) is 0 Å². The molecule has 2 N–H and O–H groups in total. The van der Waals surface area contributed by atoms with Crippen molar-refractivity contribution < 1.29 is 19.1 Å². The Kier molecular flexibility index (Phi) is 8.34. The molecular formula is C26H40N2O4. The van der Waals surface area contributed by atoms with Crippen LogP contribution in [0.15, 0.2) is 24.3 Å². The number of nitrogens with one attached hydrogen (secondary N) is 2. The fourth-order valence-corrected chi connectivity index (χ4v) is 5.07. The van der Waals surface area contributed by atoms with Gasteiger partial charge in [0.05, 0.1) is 12.8 Å². The smallest absolute Gasteiger partial charge is 0.310 e. The van der Waals surface area contributed by atoms with Gasteiger partial charge < -0.3 is 20.1 Å². The molecule has 2 aliphatic rings. The van der Waals surface area contributed by atoms with E-state index in [1.165, 1.54) is 0 Å². The van der Waals surface area contributed by atoms with Crippen LogP contribution < -0.4 is 10.6 Å². The molecule has 0 unspecified atom stereocenters. The van der Waals surface area contributed by atoms with Gasteiger partial charge in [0.2, 0.25) is 0 Å². The second-order valence-electron chi connectivity index (χ2n) is 10.3. The lowest BCUT2D eigenvalue weighted by molar-refractivity contribution is -0.163. The van der Waals surface area contributed by atoms with Crippen LogP contribution in [-0.2, 0) is 31.9 Å². The summed E-state index contributed by atoms with van der Waals surface area (Å²) in [6, 6.07) is 7.60. The molecule has 0 aromatic heterocycles. The van der Waals surface area contributed by atoms with Gasteiger partial charge in [-0.3, -0.25) is 9.59 Å². The monoisotopic (exact) mass is 444 g/mol. The minimum absolute atomic E-state index is 0.162. The van der Waals surface area contributed by atoms with E-state index < -0.39 is 11.2 Å². The predicted octanol–water partition coefficient (Wildman–Crippen LogP) is 3.41. The van der Waals surface area contributed by atoms with E-state index in [1.807, 2.05) is 52.0 Å². The first-order valence-electron chi connectivity index (χ1n) is 12.1. The van der Waals surface area contributed by atoms with Crippen molar-refractivity contribution in [3.8, 4) is 0 Å². The third-order valence-corrected chi connectivity index (χ3v) is 7.19. The second kappa shape index (κ2) is 10.8. The summed E-state index contributed by atoms with van der Waals surface area (Å²) < 4.78 is 11.8. The van der Waals surface area contributed by atoms with Crippen molar-refractivity contribution in [2.24, 2.45) is 11.8 Å². The van der Waals surface area contributed by atoms with Crippen LogP contribution in [0.25, 0.3) is 0 Å². The molecule has 2 heterocycles. The third kappa shape index (κ3) is 6.79. The highest BCUT2D eigenvalue weighted by molar-refractivity contribution is 5.76. The average molecular weight is 445 g/mol. The normalized spacial score (nSPS) is 18.9. The molecule has 0 radical (unpaired) electrons. The van der Waals surface area contributed by atoms with Crippen molar-refractivity contribution in [2.45, 2.75) is 77.4 Å². The third-order valence-electron chi connectivity index (χ3n) is 7.19. The minimum atomic E-state index is -0.494. The second-order valence-corrected chi connectivity index (χ2v) is 10.3. The molecule has 0 aliphatic carbocycles. The molecule has 0 bridgehead atoms. The first-order chi connectivity index (χ1) is 15.2. The van der Waals surface area contributed by atoms with E-state index in [2.05, 4.69) is 10.6 Å². The Labute approximate surface area is 192 Å². The van der Waals surface area contributed by atoms with Gasteiger partial charge in [0.1, 0.15) is 11.2 Å². The van der Waals surface area contributed by atoms with Gasteiger partial charge in [-0.1, -0.05) is 24.3 Å². The van der Waals surface area contributed by atoms with Gasteiger partial charge in [-0.05, 0) is 90.7 Å². The highest BCUT2D eigenvalue weighted by Gasteiger charge is 2.35. The summed E-state index contributed by atoms with van der Waals surface area (Å²) in [5.74, 6) is 0.221. The maximum absolute atomic E-state index is 12.8. The maximum atomic E-state index is 12.8. The van der Waals surface area contributed by atoms with Crippen molar-refractivity contribution in [3.63, 3.8) is 0 Å². The van der Waals surface area contributed by atoms with Crippen molar-refractivity contribution in [2.75, 3.05) is 26.2 Å². The molecule has 1 aromatic rings. The molecule has 0 atom stereocenters. The fourth-order valence-electron chi connectivity index (χ4n) is 5.07. The molecule has 1 aromatic carbocycles. The van der Waals surface area contributed by atoms with Crippen molar-refractivity contribution >= 4 is 11.9 Å². The molecular weight excluding hydrogens is 404 g/mol. The average Bonchev–Trinajstić information content (AvgIpc) is 2.75. The number of hydrogen-bond donors (Lipinski definition) is 2. The van der Waals surface area contributed by atoms with E-state index in [0.29, 0.717) is 11.8 Å². The number of benzene rings is 1. The molecule has 2 saturated heterocycles. The number of esters is 2. The Balaban J connectivity index is 1.58. The lowest BCUT2D eigenvalue weighted by Crippen LogP contribution is -2.43. The van der Waals surface area contributed by atoms with Crippen LogP contribution in [0.2, 0.25) is 0 Å². The first-order valence-corrected chi connectivity index (χ1v) is 12.1. The Morgan fingerprint density at radius 2 is 1.09 bits per heavy atom. The largest absolute Gasteiger partial charge is 0.459 e. The number of rotatable bonds is 8. The lowest BCUT2D eigenvalue weighted by atomic mass is 9.83. The molecule has 6 nitrogen and oxygen atoms in total. The number of piperidine rings is 2. The van der Waals surface area contributed by atoms with Gasteiger partial charge in [-0.25, -0.2) is 0 Å². The fraction of sp³-hybridized carbons (Fsp3) is 0.692. The summed E-state index contributed by atoms with van der Waals surface area (Å²) in [7, 11) is 0. The van der Waals surface area contributed by atoms with Crippen LogP contribution >= 0.6 is 0 Å². The molecule has 32 heavy (non-hydrogen) atoms. The Morgan fingerprint density at radius 1 is 0.750 bits per heavy atom. The van der Waals surface area contributed by atoms with Gasteiger partial charge in [0, 0.05) is 11.8 Å². The highest BCUT2D eigenvalue weighted by Crippen LogP contribution is 2.31. The molecule has 6 heteroatoms. The van der Waals surface area contributed by atoms with E-state index in [-0.39, 0.29) is 24.8 Å². The lowest BCUT2D eigenvalue weighted by Gasteiger charge is -2.37. The summed E-state index contributed by atoms with van der Waals surface area (Å²) in [6.07, 6.45) is 4.36. The van der Waals surface area contributed by atoms with Gasteiger partial charge >= 0.3 is 11.9 Å². The Hall–Kier alpha value is -1.92. The van der Waals surface area contributed by atoms with Crippen LogP contribution in [-0.4, -0.2) is 49.3 Å². The summed E-state index contributed by atoms with van der Waals surface area (Å²) in [4.78, 5) is 25.6. The number of hydrogen-bond acceptors (Lipinski definition) is 6. The number of carbonyl (C=O) groups excluding carboxylic acids is 2. The SMILES string of the molecule is CC(C)(OC(=O)Cc1ccccc1CC(=O)OC(C)(C)C1CCNCC1)C1CCNCC1. The molecule has 178 valence electrons. The molecule has 0 saturated carbocycles. The quantitative estimate of drug-likeness (QED) is 0.599. The minimum Gasteiger partial charge on any atom is -0.459 e. The Bertz CT molecular complexity index is 713. The molecule has 3 rings (SSSR count). The van der Waals surface area contributed by atoms with Crippen LogP contribution in [0.3, 0.4) is 0 Å². The highest BCUT2D eigenvalue weighted by atomic mass is 16.6. The molecule has 0 spiro atoms. The van der Waals surface area contributed by atoms with Gasteiger partial charge in [0.25, 0.3) is 0 Å². The summed E-state index contributed by atoms with van der Waals surface area (Å²) in [6.45, 7) is 11.9. The number of carbonyl (C=O) groups is 2. The zero-order valence-corrected chi connectivity index (χ0v) is 20.2. The predicted molar refractivity (Wildman–Crippen MR) is 125 cm³/mol. The van der Waals surface area contributed by atoms with Gasteiger partial charge in [-0.15, -0.1) is 0 Å².